The van der Waals surface area contributed by atoms with E-state index in [1.54, 1.807) is 4.57 Å². The number of nitro groups is 1. The zero-order chi connectivity index (χ0) is 14.7. The van der Waals surface area contributed by atoms with Gasteiger partial charge in [0.15, 0.2) is 0 Å². The first kappa shape index (κ1) is 13.9. The lowest BCUT2D eigenvalue weighted by atomic mass is 10.2. The number of aryl methyl sites for hydroxylation is 1. The van der Waals surface area contributed by atoms with Gasteiger partial charge < -0.3 is 0 Å². The number of carbonyl (C=O) groups is 1. The maximum Gasteiger partial charge on any atom is 0.271 e. The summed E-state index contributed by atoms with van der Waals surface area (Å²) < 4.78 is 1.62. The van der Waals surface area contributed by atoms with Crippen LogP contribution in [0.2, 0.25) is 5.02 Å². The van der Waals surface area contributed by atoms with Crippen LogP contribution in [0.3, 0.4) is 0 Å². The van der Waals surface area contributed by atoms with E-state index in [9.17, 15) is 14.9 Å². The summed E-state index contributed by atoms with van der Waals surface area (Å²) >= 11 is 5.76. The summed E-state index contributed by atoms with van der Waals surface area (Å²) in [6.45, 7) is 2.45. The highest BCUT2D eigenvalue weighted by atomic mass is 35.5. The summed E-state index contributed by atoms with van der Waals surface area (Å²) in [4.78, 5) is 22.2. The van der Waals surface area contributed by atoms with E-state index < -0.39 is 10.8 Å². The number of nitrogens with zero attached hydrogens (tertiary/aromatic N) is 4. The van der Waals surface area contributed by atoms with Crippen LogP contribution < -0.4 is 5.32 Å². The standard InChI is InChI=1S/C11H10ClN5O3/c1-2-16-6-13-15-11(16)14-10(18)7-3-8(12)5-9(4-7)17(19)20/h3-6H,2H2,1H3,(H,14,15,18). The normalized spacial score (nSPS) is 10.3. The van der Waals surface area contributed by atoms with Gasteiger partial charge in [0.05, 0.1) is 4.92 Å². The van der Waals surface area contributed by atoms with Crippen molar-refractivity contribution in [3.05, 3.63) is 45.2 Å². The SMILES string of the molecule is CCn1cnnc1NC(=O)c1cc(Cl)cc([N+](=O)[O-])c1. The topological polar surface area (TPSA) is 103 Å². The molecule has 0 aliphatic rings. The average Bonchev–Trinajstić information content (AvgIpc) is 2.85. The summed E-state index contributed by atoms with van der Waals surface area (Å²) in [7, 11) is 0. The van der Waals surface area contributed by atoms with Gasteiger partial charge in [-0.15, -0.1) is 10.2 Å². The number of hydrogen-bond acceptors (Lipinski definition) is 5. The molecule has 0 radical (unpaired) electrons. The minimum Gasteiger partial charge on any atom is -0.300 e. The van der Waals surface area contributed by atoms with Crippen molar-refractivity contribution in [1.82, 2.24) is 14.8 Å². The number of amides is 1. The predicted molar refractivity (Wildman–Crippen MR) is 71.8 cm³/mol. The van der Waals surface area contributed by atoms with Crippen molar-refractivity contribution in [3.8, 4) is 0 Å². The molecule has 0 bridgehead atoms. The average molecular weight is 296 g/mol. The van der Waals surface area contributed by atoms with Crippen molar-refractivity contribution in [3.63, 3.8) is 0 Å². The van der Waals surface area contributed by atoms with E-state index in [0.717, 1.165) is 6.07 Å². The van der Waals surface area contributed by atoms with Gasteiger partial charge in [0, 0.05) is 29.3 Å². The lowest BCUT2D eigenvalue weighted by Crippen LogP contribution is -2.16. The molecule has 0 aliphatic heterocycles. The first-order chi connectivity index (χ1) is 9.51. The van der Waals surface area contributed by atoms with E-state index in [-0.39, 0.29) is 22.2 Å². The minimum absolute atomic E-state index is 0.0786. The molecule has 0 spiro atoms. The predicted octanol–water partition coefficient (Wildman–Crippen LogP) is 2.11. The molecule has 0 unspecified atom stereocenters. The molecule has 1 aromatic carbocycles. The number of aromatic nitrogens is 3. The lowest BCUT2D eigenvalue weighted by molar-refractivity contribution is -0.384. The molecule has 1 N–H and O–H groups in total. The van der Waals surface area contributed by atoms with Gasteiger partial charge in [0.1, 0.15) is 6.33 Å². The molecule has 20 heavy (non-hydrogen) atoms. The summed E-state index contributed by atoms with van der Waals surface area (Å²) in [6.07, 6.45) is 1.47. The van der Waals surface area contributed by atoms with Crippen LogP contribution in [0.25, 0.3) is 0 Å². The Kier molecular flexibility index (Phi) is 3.94. The number of non-ortho nitro benzene ring substituents is 1. The van der Waals surface area contributed by atoms with Gasteiger partial charge in [-0.2, -0.15) is 0 Å². The molecular weight excluding hydrogens is 286 g/mol. The van der Waals surface area contributed by atoms with Gasteiger partial charge in [-0.05, 0) is 13.0 Å². The van der Waals surface area contributed by atoms with Crippen LogP contribution in [0.1, 0.15) is 17.3 Å². The molecule has 1 amide bonds. The molecule has 0 atom stereocenters. The molecular formula is C11H10ClN5O3. The quantitative estimate of drug-likeness (QED) is 0.687. The number of nitro benzene ring substituents is 1. The second-order valence-electron chi connectivity index (χ2n) is 3.85. The Morgan fingerprint density at radius 1 is 1.50 bits per heavy atom. The summed E-state index contributed by atoms with van der Waals surface area (Å²) in [5.41, 5.74) is -0.172. The Morgan fingerprint density at radius 3 is 2.90 bits per heavy atom. The number of hydrogen-bond donors (Lipinski definition) is 1. The molecule has 2 rings (SSSR count). The zero-order valence-electron chi connectivity index (χ0n) is 10.4. The molecule has 0 fully saturated rings. The van der Waals surface area contributed by atoms with Crippen LogP contribution in [0.4, 0.5) is 11.6 Å². The Labute approximate surface area is 118 Å². The van der Waals surface area contributed by atoms with Gasteiger partial charge in [-0.1, -0.05) is 11.6 Å². The van der Waals surface area contributed by atoms with Gasteiger partial charge >= 0.3 is 0 Å². The minimum atomic E-state index is -0.614. The third kappa shape index (κ3) is 2.91. The second kappa shape index (κ2) is 5.66. The van der Waals surface area contributed by atoms with Crippen LogP contribution >= 0.6 is 11.6 Å². The largest absolute Gasteiger partial charge is 0.300 e. The van der Waals surface area contributed by atoms with E-state index in [1.165, 1.54) is 18.5 Å². The van der Waals surface area contributed by atoms with Gasteiger partial charge in [-0.3, -0.25) is 24.8 Å². The number of rotatable bonds is 4. The zero-order valence-corrected chi connectivity index (χ0v) is 11.2. The molecule has 0 saturated carbocycles. The third-order valence-corrected chi connectivity index (χ3v) is 2.76. The maximum absolute atomic E-state index is 12.0. The fourth-order valence-corrected chi connectivity index (χ4v) is 1.80. The molecule has 104 valence electrons. The van der Waals surface area contributed by atoms with Crippen molar-refractivity contribution in [2.75, 3.05) is 5.32 Å². The highest BCUT2D eigenvalue weighted by Gasteiger charge is 2.15. The van der Waals surface area contributed by atoms with Crippen LogP contribution in [0, 0.1) is 10.1 Å². The maximum atomic E-state index is 12.0. The summed E-state index contributed by atoms with van der Waals surface area (Å²) in [6, 6.07) is 3.66. The van der Waals surface area contributed by atoms with Crippen molar-refractivity contribution < 1.29 is 9.72 Å². The fraction of sp³-hybridized carbons (Fsp3) is 0.182. The smallest absolute Gasteiger partial charge is 0.271 e. The van der Waals surface area contributed by atoms with E-state index in [0.29, 0.717) is 6.54 Å². The molecule has 0 saturated heterocycles. The highest BCUT2D eigenvalue weighted by molar-refractivity contribution is 6.31. The van der Waals surface area contributed by atoms with E-state index in [2.05, 4.69) is 15.5 Å². The molecule has 2 aromatic rings. The van der Waals surface area contributed by atoms with Crippen LogP contribution in [0.15, 0.2) is 24.5 Å². The van der Waals surface area contributed by atoms with Gasteiger partial charge in [-0.25, -0.2) is 0 Å². The fourth-order valence-electron chi connectivity index (χ4n) is 1.57. The third-order valence-electron chi connectivity index (χ3n) is 2.54. The van der Waals surface area contributed by atoms with E-state index in [4.69, 9.17) is 11.6 Å². The summed E-state index contributed by atoms with van der Waals surface area (Å²) in [5, 5.41) is 20.8. The first-order valence-electron chi connectivity index (χ1n) is 5.65. The number of anilines is 1. The molecule has 9 heteroatoms. The Hall–Kier alpha value is -2.48. The van der Waals surface area contributed by atoms with Crippen LogP contribution in [-0.4, -0.2) is 25.6 Å². The van der Waals surface area contributed by atoms with Gasteiger partial charge in [0.25, 0.3) is 11.6 Å². The van der Waals surface area contributed by atoms with Crippen LogP contribution in [0.5, 0.6) is 0 Å². The highest BCUT2D eigenvalue weighted by Crippen LogP contribution is 2.21. The lowest BCUT2D eigenvalue weighted by Gasteiger charge is -2.06. The number of benzene rings is 1. The Morgan fingerprint density at radius 2 is 2.25 bits per heavy atom. The monoisotopic (exact) mass is 295 g/mol. The molecule has 0 aliphatic carbocycles. The Bertz CT molecular complexity index is 670. The number of carbonyl (C=O) groups excluding carboxylic acids is 1. The molecule has 1 aromatic heterocycles. The van der Waals surface area contributed by atoms with Crippen molar-refractivity contribution in [2.45, 2.75) is 13.5 Å². The van der Waals surface area contributed by atoms with Crippen molar-refractivity contribution >= 4 is 29.1 Å². The molecule has 1 heterocycles. The summed E-state index contributed by atoms with van der Waals surface area (Å²) in [5.74, 6) is -0.279. The molecule has 8 nitrogen and oxygen atoms in total. The van der Waals surface area contributed by atoms with E-state index in [1.807, 2.05) is 6.92 Å². The van der Waals surface area contributed by atoms with Gasteiger partial charge in [0.2, 0.25) is 5.95 Å². The number of nitrogens with one attached hydrogen (secondary N) is 1. The van der Waals surface area contributed by atoms with Crippen molar-refractivity contribution in [2.24, 2.45) is 0 Å². The van der Waals surface area contributed by atoms with Crippen molar-refractivity contribution in [1.29, 1.82) is 0 Å². The Balaban J connectivity index is 2.27. The van der Waals surface area contributed by atoms with E-state index >= 15 is 0 Å². The van der Waals surface area contributed by atoms with Crippen LogP contribution in [-0.2, 0) is 6.54 Å². The first-order valence-corrected chi connectivity index (χ1v) is 6.03. The second-order valence-corrected chi connectivity index (χ2v) is 4.29. The number of halogens is 1.